The summed E-state index contributed by atoms with van der Waals surface area (Å²) >= 11 is 0. The molecule has 1 aromatic heterocycles. The monoisotopic (exact) mass is 306 g/mol. The fourth-order valence-corrected chi connectivity index (χ4v) is 2.67. The molecule has 0 radical (unpaired) electrons. The lowest BCUT2D eigenvalue weighted by Gasteiger charge is -2.29. The molecule has 0 aromatic carbocycles. The molecule has 1 saturated carbocycles. The van der Waals surface area contributed by atoms with Crippen LogP contribution in [0.15, 0.2) is 23.5 Å². The molecule has 4 rings (SSSR count). The number of fused-ring (bicyclic) bond motifs is 1. The lowest BCUT2D eigenvalue weighted by molar-refractivity contribution is -0.00872. The normalized spacial score (nSPS) is 33.5. The van der Waals surface area contributed by atoms with E-state index in [1.54, 1.807) is 17.0 Å². The van der Waals surface area contributed by atoms with Crippen LogP contribution < -0.4 is 16.4 Å². The van der Waals surface area contributed by atoms with E-state index in [-0.39, 0.29) is 24.7 Å². The Morgan fingerprint density at radius 1 is 1.50 bits per heavy atom. The zero-order chi connectivity index (χ0) is 15.3. The third kappa shape index (κ3) is 2.18. The number of aliphatic hydroxyl groups is 2. The predicted molar refractivity (Wildman–Crippen MR) is 77.7 cm³/mol. The van der Waals surface area contributed by atoms with Crippen molar-refractivity contribution in [3.63, 3.8) is 0 Å². The fourth-order valence-electron chi connectivity index (χ4n) is 2.67. The fraction of sp³-hybridized carbons (Fsp3) is 0.538. The average Bonchev–Trinajstić information content (AvgIpc) is 3.00. The highest BCUT2D eigenvalue weighted by atomic mass is 16.5. The van der Waals surface area contributed by atoms with Crippen LogP contribution in [0.5, 0.6) is 0 Å². The van der Waals surface area contributed by atoms with Crippen LogP contribution >= 0.6 is 0 Å². The molecule has 9 heteroatoms. The number of aliphatic hydroxyl groups excluding tert-OH is 1. The van der Waals surface area contributed by atoms with Crippen LogP contribution in [0.3, 0.4) is 0 Å². The zero-order valence-corrected chi connectivity index (χ0v) is 11.8. The van der Waals surface area contributed by atoms with Crippen LogP contribution in [0.25, 0.3) is 0 Å². The van der Waals surface area contributed by atoms with Crippen molar-refractivity contribution < 1.29 is 14.9 Å². The lowest BCUT2D eigenvalue weighted by Crippen LogP contribution is -2.48. The maximum atomic E-state index is 10.8. The van der Waals surface area contributed by atoms with Gasteiger partial charge in [-0.2, -0.15) is 4.99 Å². The zero-order valence-electron chi connectivity index (χ0n) is 11.8. The second kappa shape index (κ2) is 4.78. The number of nitrogens with two attached hydrogens (primary N) is 1. The molecule has 9 nitrogen and oxygen atoms in total. The molecule has 6 N–H and O–H groups in total. The number of nitrogens with one attached hydrogen (secondary N) is 2. The summed E-state index contributed by atoms with van der Waals surface area (Å²) < 4.78 is 7.37. The summed E-state index contributed by atoms with van der Waals surface area (Å²) in [6.07, 6.45) is 6.38. The van der Waals surface area contributed by atoms with Crippen molar-refractivity contribution >= 4 is 11.8 Å². The molecule has 1 unspecified atom stereocenters. The number of rotatable bonds is 4. The first-order chi connectivity index (χ1) is 10.6. The number of ether oxygens (including phenoxy) is 1. The Balaban J connectivity index is 1.67. The molecule has 0 spiro atoms. The van der Waals surface area contributed by atoms with E-state index in [1.807, 2.05) is 6.08 Å². The van der Waals surface area contributed by atoms with Crippen molar-refractivity contribution in [1.29, 1.82) is 0 Å². The van der Waals surface area contributed by atoms with Crippen LogP contribution in [-0.2, 0) is 10.6 Å². The number of hydrogen-bond donors (Lipinski definition) is 5. The van der Waals surface area contributed by atoms with Crippen LogP contribution in [0.4, 0.5) is 5.82 Å². The Morgan fingerprint density at radius 3 is 3.00 bits per heavy atom. The van der Waals surface area contributed by atoms with Crippen molar-refractivity contribution in [2.45, 2.75) is 37.1 Å². The molecule has 1 aromatic rings. The van der Waals surface area contributed by atoms with Gasteiger partial charge in [0.1, 0.15) is 11.9 Å². The van der Waals surface area contributed by atoms with E-state index in [1.165, 1.54) is 0 Å². The first-order valence-electron chi connectivity index (χ1n) is 7.23. The van der Waals surface area contributed by atoms with Gasteiger partial charge in [0.05, 0.1) is 12.9 Å². The number of aromatic nitrogens is 2. The Bertz CT molecular complexity index is 652. The Hall–Kier alpha value is -1.94. The van der Waals surface area contributed by atoms with Gasteiger partial charge in [-0.05, 0) is 18.9 Å². The van der Waals surface area contributed by atoms with E-state index in [9.17, 15) is 5.11 Å². The van der Waals surface area contributed by atoms with Gasteiger partial charge in [0.25, 0.3) is 5.85 Å². The average molecular weight is 306 g/mol. The Morgan fingerprint density at radius 2 is 2.32 bits per heavy atom. The largest absolute Gasteiger partial charge is 0.393 e. The van der Waals surface area contributed by atoms with E-state index in [2.05, 4.69) is 20.6 Å². The van der Waals surface area contributed by atoms with Gasteiger partial charge >= 0.3 is 0 Å². The molecular weight excluding hydrogens is 288 g/mol. The first kappa shape index (κ1) is 13.7. The molecule has 3 atom stereocenters. The molecule has 0 amide bonds. The van der Waals surface area contributed by atoms with E-state index in [0.717, 1.165) is 12.8 Å². The van der Waals surface area contributed by atoms with Crippen molar-refractivity contribution in [1.82, 2.24) is 14.9 Å². The number of guanidine groups is 1. The third-order valence-electron chi connectivity index (χ3n) is 3.89. The second-order valence-electron chi connectivity index (χ2n) is 5.69. The number of nitrogens with zero attached hydrogens (tertiary/aromatic N) is 3. The van der Waals surface area contributed by atoms with E-state index in [4.69, 9.17) is 15.6 Å². The smallest absolute Gasteiger partial charge is 0.265 e. The Kier molecular flexibility index (Phi) is 2.98. The predicted octanol–water partition coefficient (Wildman–Crippen LogP) is -1.08. The topological polar surface area (TPSA) is 130 Å². The molecular formula is C13H18N6O3. The maximum Gasteiger partial charge on any atom is 0.265 e. The summed E-state index contributed by atoms with van der Waals surface area (Å²) in [6, 6.07) is 0.221. The number of imidazole rings is 1. The summed E-state index contributed by atoms with van der Waals surface area (Å²) in [5.74, 6) is -1.00. The van der Waals surface area contributed by atoms with Gasteiger partial charge in [-0.1, -0.05) is 6.08 Å². The first-order valence-corrected chi connectivity index (χ1v) is 7.23. The van der Waals surface area contributed by atoms with Crippen LogP contribution in [0.1, 0.15) is 24.8 Å². The summed E-state index contributed by atoms with van der Waals surface area (Å²) in [5.41, 5.74) is 6.16. The van der Waals surface area contributed by atoms with Gasteiger partial charge in [-0.3, -0.25) is 9.88 Å². The maximum absolute atomic E-state index is 10.8. The summed E-state index contributed by atoms with van der Waals surface area (Å²) in [5, 5.41) is 25.9. The molecule has 0 bridgehead atoms. The molecule has 1 fully saturated rings. The SMILES string of the molecule is NC1=NC(O)(NC2CC2)c2ncn([C@H]3C=C[C@@H](CO)O3)c2N1. The number of anilines is 1. The minimum Gasteiger partial charge on any atom is -0.393 e. The molecule has 22 heavy (non-hydrogen) atoms. The van der Waals surface area contributed by atoms with Crippen molar-refractivity contribution in [2.75, 3.05) is 11.9 Å². The number of hydrogen-bond acceptors (Lipinski definition) is 8. The lowest BCUT2D eigenvalue weighted by atomic mass is 10.2. The second-order valence-corrected chi connectivity index (χ2v) is 5.69. The van der Waals surface area contributed by atoms with Crippen LogP contribution in [0, 0.1) is 0 Å². The molecule has 1 aliphatic carbocycles. The molecule has 118 valence electrons. The quantitative estimate of drug-likeness (QED) is 0.353. The summed E-state index contributed by atoms with van der Waals surface area (Å²) in [6.45, 7) is -0.0892. The standard InChI is InChI=1S/C13H18N6O3/c14-12-16-11-10(13(21,18-12)17-7-1-2-7)15-6-19(11)9-4-3-8(5-20)22-9/h3-4,6-9,17,20-21H,1-2,5H2,(H3,14,16,18)/t8-,9+,13?/m0/s1. The van der Waals surface area contributed by atoms with Gasteiger partial charge < -0.3 is 26.0 Å². The van der Waals surface area contributed by atoms with Gasteiger partial charge in [-0.25, -0.2) is 4.98 Å². The molecule has 3 heterocycles. The highest BCUT2D eigenvalue weighted by Gasteiger charge is 2.43. The minimum absolute atomic E-state index is 0.0892. The van der Waals surface area contributed by atoms with Gasteiger partial charge in [0.15, 0.2) is 17.9 Å². The highest BCUT2D eigenvalue weighted by molar-refractivity contribution is 5.94. The van der Waals surface area contributed by atoms with Crippen LogP contribution in [0.2, 0.25) is 0 Å². The van der Waals surface area contributed by atoms with E-state index >= 15 is 0 Å². The van der Waals surface area contributed by atoms with Gasteiger partial charge in [-0.15, -0.1) is 0 Å². The summed E-state index contributed by atoms with van der Waals surface area (Å²) in [4.78, 5) is 8.33. The van der Waals surface area contributed by atoms with Crippen molar-refractivity contribution in [3.8, 4) is 0 Å². The Labute approximate surface area is 126 Å². The van der Waals surface area contributed by atoms with Gasteiger partial charge in [0.2, 0.25) is 0 Å². The van der Waals surface area contributed by atoms with E-state index < -0.39 is 12.1 Å². The van der Waals surface area contributed by atoms with Crippen LogP contribution in [-0.4, -0.2) is 44.5 Å². The van der Waals surface area contributed by atoms with Gasteiger partial charge in [0, 0.05) is 6.04 Å². The molecule has 2 aliphatic heterocycles. The van der Waals surface area contributed by atoms with E-state index in [0.29, 0.717) is 11.5 Å². The highest BCUT2D eigenvalue weighted by Crippen LogP contribution is 2.36. The minimum atomic E-state index is -1.63. The molecule has 3 aliphatic rings. The molecule has 0 saturated heterocycles. The number of aliphatic imine (C=N–C) groups is 1. The third-order valence-corrected chi connectivity index (χ3v) is 3.89. The van der Waals surface area contributed by atoms with Crippen molar-refractivity contribution in [3.05, 3.63) is 24.2 Å². The van der Waals surface area contributed by atoms with Crippen molar-refractivity contribution in [2.24, 2.45) is 10.7 Å². The summed E-state index contributed by atoms with van der Waals surface area (Å²) in [7, 11) is 0.